The molecule has 0 aliphatic carbocycles. The van der Waals surface area contributed by atoms with Gasteiger partial charge in [-0.1, -0.05) is 13.8 Å². The second-order valence-electron chi connectivity index (χ2n) is 6.00. The molecule has 1 aliphatic heterocycles. The van der Waals surface area contributed by atoms with Crippen LogP contribution < -0.4 is 11.1 Å². The number of rotatable bonds is 6. The van der Waals surface area contributed by atoms with Gasteiger partial charge in [0.15, 0.2) is 0 Å². The fraction of sp³-hybridized carbons (Fsp3) is 0.929. The van der Waals surface area contributed by atoms with Crippen LogP contribution in [0.5, 0.6) is 0 Å². The van der Waals surface area contributed by atoms with Crippen molar-refractivity contribution in [1.29, 1.82) is 0 Å². The second-order valence-corrected chi connectivity index (χ2v) is 6.00. The minimum absolute atomic E-state index is 0.140. The van der Waals surface area contributed by atoms with Gasteiger partial charge in [0.05, 0.1) is 6.54 Å². The van der Waals surface area contributed by atoms with Crippen LogP contribution in [0.1, 0.15) is 27.7 Å². The normalized spacial score (nSPS) is 21.4. The van der Waals surface area contributed by atoms with Gasteiger partial charge in [0.1, 0.15) is 0 Å². The van der Waals surface area contributed by atoms with Crippen molar-refractivity contribution in [2.24, 2.45) is 11.7 Å². The van der Waals surface area contributed by atoms with E-state index in [9.17, 15) is 4.79 Å². The third-order valence-corrected chi connectivity index (χ3v) is 4.13. The van der Waals surface area contributed by atoms with Gasteiger partial charge in [0.25, 0.3) is 0 Å². The Morgan fingerprint density at radius 2 is 1.74 bits per heavy atom. The summed E-state index contributed by atoms with van der Waals surface area (Å²) in [4.78, 5) is 16.5. The highest BCUT2D eigenvalue weighted by atomic mass is 16.2. The zero-order valence-corrected chi connectivity index (χ0v) is 12.9. The first kappa shape index (κ1) is 16.4. The topological polar surface area (TPSA) is 61.6 Å². The Labute approximate surface area is 117 Å². The van der Waals surface area contributed by atoms with Crippen molar-refractivity contribution >= 4 is 5.91 Å². The molecule has 0 saturated carbocycles. The minimum atomic E-state index is 0.140. The lowest BCUT2D eigenvalue weighted by Crippen LogP contribution is -2.53. The third-order valence-electron chi connectivity index (χ3n) is 4.13. The van der Waals surface area contributed by atoms with E-state index in [2.05, 4.69) is 42.8 Å². The predicted molar refractivity (Wildman–Crippen MR) is 79.0 cm³/mol. The number of nitrogens with one attached hydrogen (secondary N) is 1. The van der Waals surface area contributed by atoms with Crippen LogP contribution in [0, 0.1) is 5.92 Å². The largest absolute Gasteiger partial charge is 0.352 e. The van der Waals surface area contributed by atoms with Crippen molar-refractivity contribution in [2.75, 3.05) is 39.3 Å². The van der Waals surface area contributed by atoms with Gasteiger partial charge in [0.2, 0.25) is 5.91 Å². The van der Waals surface area contributed by atoms with Crippen molar-refractivity contribution < 1.29 is 4.79 Å². The first-order valence-corrected chi connectivity index (χ1v) is 7.39. The molecule has 1 saturated heterocycles. The molecule has 1 rings (SSSR count). The number of hydrogen-bond donors (Lipinski definition) is 2. The number of nitrogens with zero attached hydrogens (tertiary/aromatic N) is 2. The van der Waals surface area contributed by atoms with Gasteiger partial charge >= 0.3 is 0 Å². The SMILES string of the molecule is CC(C)C(C)NC(=O)CN1CCN(C(C)CN)CC1. The highest BCUT2D eigenvalue weighted by molar-refractivity contribution is 5.78. The van der Waals surface area contributed by atoms with Gasteiger partial charge in [-0.05, 0) is 19.8 Å². The van der Waals surface area contributed by atoms with Crippen molar-refractivity contribution in [3.05, 3.63) is 0 Å². The van der Waals surface area contributed by atoms with Crippen LogP contribution in [-0.4, -0.2) is 67.1 Å². The average Bonchev–Trinajstić information content (AvgIpc) is 2.38. The first-order chi connectivity index (χ1) is 8.93. The number of carbonyl (C=O) groups excluding carboxylic acids is 1. The van der Waals surface area contributed by atoms with Gasteiger partial charge in [-0.25, -0.2) is 0 Å². The lowest BCUT2D eigenvalue weighted by molar-refractivity contribution is -0.123. The lowest BCUT2D eigenvalue weighted by Gasteiger charge is -2.37. The molecule has 112 valence electrons. The van der Waals surface area contributed by atoms with E-state index in [0.29, 0.717) is 25.0 Å². The highest BCUT2D eigenvalue weighted by Gasteiger charge is 2.22. The van der Waals surface area contributed by atoms with Gasteiger partial charge < -0.3 is 11.1 Å². The molecule has 0 spiro atoms. The molecule has 1 amide bonds. The van der Waals surface area contributed by atoms with Crippen molar-refractivity contribution in [3.8, 4) is 0 Å². The summed E-state index contributed by atoms with van der Waals surface area (Å²) in [5, 5.41) is 3.06. The van der Waals surface area contributed by atoms with E-state index in [0.717, 1.165) is 26.2 Å². The molecule has 1 heterocycles. The molecule has 0 radical (unpaired) electrons. The molecule has 19 heavy (non-hydrogen) atoms. The van der Waals surface area contributed by atoms with E-state index in [-0.39, 0.29) is 11.9 Å². The summed E-state index contributed by atoms with van der Waals surface area (Å²) in [6.07, 6.45) is 0. The fourth-order valence-corrected chi connectivity index (χ4v) is 2.18. The number of hydrogen-bond acceptors (Lipinski definition) is 4. The molecule has 1 aliphatic rings. The Balaban J connectivity index is 2.27. The van der Waals surface area contributed by atoms with Gasteiger partial charge in [0, 0.05) is 44.8 Å². The summed E-state index contributed by atoms with van der Waals surface area (Å²) in [5.74, 6) is 0.618. The summed E-state index contributed by atoms with van der Waals surface area (Å²) >= 11 is 0. The number of nitrogens with two attached hydrogens (primary N) is 1. The smallest absolute Gasteiger partial charge is 0.234 e. The molecular weight excluding hydrogens is 240 g/mol. The number of amides is 1. The van der Waals surface area contributed by atoms with Crippen LogP contribution >= 0.6 is 0 Å². The standard InChI is InChI=1S/C14H30N4O/c1-11(2)13(4)16-14(19)10-17-5-7-18(8-6-17)12(3)9-15/h11-13H,5-10,15H2,1-4H3,(H,16,19). The maximum Gasteiger partial charge on any atom is 0.234 e. The molecule has 2 unspecified atom stereocenters. The zero-order chi connectivity index (χ0) is 14.4. The van der Waals surface area contributed by atoms with E-state index in [1.807, 2.05) is 0 Å². The van der Waals surface area contributed by atoms with E-state index in [4.69, 9.17) is 5.73 Å². The molecule has 5 nitrogen and oxygen atoms in total. The first-order valence-electron chi connectivity index (χ1n) is 7.39. The van der Waals surface area contributed by atoms with Crippen molar-refractivity contribution in [1.82, 2.24) is 15.1 Å². The minimum Gasteiger partial charge on any atom is -0.352 e. The maximum atomic E-state index is 11.9. The number of carbonyl (C=O) groups is 1. The Hall–Kier alpha value is -0.650. The summed E-state index contributed by atoms with van der Waals surface area (Å²) < 4.78 is 0. The third kappa shape index (κ3) is 5.47. The quantitative estimate of drug-likeness (QED) is 0.719. The van der Waals surface area contributed by atoms with E-state index < -0.39 is 0 Å². The zero-order valence-electron chi connectivity index (χ0n) is 12.9. The molecule has 0 aromatic carbocycles. The lowest BCUT2D eigenvalue weighted by atomic mass is 10.1. The summed E-state index contributed by atoms with van der Waals surface area (Å²) in [6.45, 7) is 13.6. The van der Waals surface area contributed by atoms with Crippen LogP contribution in [0.2, 0.25) is 0 Å². The predicted octanol–water partition coefficient (Wildman–Crippen LogP) is 0.112. The van der Waals surface area contributed by atoms with Crippen LogP contribution in [0.4, 0.5) is 0 Å². The molecule has 3 N–H and O–H groups in total. The van der Waals surface area contributed by atoms with Gasteiger partial charge in [-0.15, -0.1) is 0 Å². The Morgan fingerprint density at radius 1 is 1.16 bits per heavy atom. The number of piperazine rings is 1. The molecular formula is C14H30N4O. The molecule has 2 atom stereocenters. The summed E-state index contributed by atoms with van der Waals surface area (Å²) in [7, 11) is 0. The molecule has 0 aromatic heterocycles. The molecule has 5 heteroatoms. The Kier molecular flexibility index (Phi) is 6.75. The van der Waals surface area contributed by atoms with Crippen LogP contribution in [-0.2, 0) is 4.79 Å². The Morgan fingerprint density at radius 3 is 2.21 bits per heavy atom. The van der Waals surface area contributed by atoms with E-state index in [1.54, 1.807) is 0 Å². The van der Waals surface area contributed by atoms with Crippen LogP contribution in [0.15, 0.2) is 0 Å². The second kappa shape index (κ2) is 7.82. The van der Waals surface area contributed by atoms with E-state index in [1.165, 1.54) is 0 Å². The van der Waals surface area contributed by atoms with Crippen LogP contribution in [0.25, 0.3) is 0 Å². The van der Waals surface area contributed by atoms with Crippen LogP contribution in [0.3, 0.4) is 0 Å². The monoisotopic (exact) mass is 270 g/mol. The van der Waals surface area contributed by atoms with Crippen molar-refractivity contribution in [3.63, 3.8) is 0 Å². The summed E-state index contributed by atoms with van der Waals surface area (Å²) in [5.41, 5.74) is 5.68. The molecule has 0 bridgehead atoms. The average molecular weight is 270 g/mol. The van der Waals surface area contributed by atoms with Gasteiger partial charge in [-0.2, -0.15) is 0 Å². The maximum absolute atomic E-state index is 11.9. The van der Waals surface area contributed by atoms with E-state index >= 15 is 0 Å². The summed E-state index contributed by atoms with van der Waals surface area (Å²) in [6, 6.07) is 0.683. The molecule has 0 aromatic rings. The highest BCUT2D eigenvalue weighted by Crippen LogP contribution is 2.05. The van der Waals surface area contributed by atoms with Crippen molar-refractivity contribution in [2.45, 2.75) is 39.8 Å². The van der Waals surface area contributed by atoms with Gasteiger partial charge in [-0.3, -0.25) is 14.6 Å². The fourth-order valence-electron chi connectivity index (χ4n) is 2.18. The Bertz CT molecular complexity index is 275. The molecule has 1 fully saturated rings.